The Hall–Kier alpha value is -0.680. The van der Waals surface area contributed by atoms with Crippen LogP contribution in [0.25, 0.3) is 0 Å². The highest BCUT2D eigenvalue weighted by Gasteiger charge is 2.07. The van der Waals surface area contributed by atoms with Crippen LogP contribution >= 0.6 is 23.1 Å². The van der Waals surface area contributed by atoms with Gasteiger partial charge in [0.05, 0.1) is 6.04 Å². The molecule has 1 heterocycles. The molecule has 0 spiro atoms. The van der Waals surface area contributed by atoms with Gasteiger partial charge in [-0.3, -0.25) is 4.99 Å². The van der Waals surface area contributed by atoms with Gasteiger partial charge in [-0.05, 0) is 43.2 Å². The number of thioether (sulfide) groups is 1. The maximum absolute atomic E-state index is 4.25. The van der Waals surface area contributed by atoms with Gasteiger partial charge in [0.1, 0.15) is 0 Å². The first-order valence-electron chi connectivity index (χ1n) is 6.27. The Morgan fingerprint density at radius 1 is 1.50 bits per heavy atom. The summed E-state index contributed by atoms with van der Waals surface area (Å²) in [5, 5.41) is 8.86. The van der Waals surface area contributed by atoms with E-state index in [1.807, 2.05) is 18.8 Å². The van der Waals surface area contributed by atoms with E-state index >= 15 is 0 Å². The Morgan fingerprint density at radius 3 is 2.94 bits per heavy atom. The van der Waals surface area contributed by atoms with E-state index in [0.29, 0.717) is 6.04 Å². The van der Waals surface area contributed by atoms with E-state index in [1.54, 1.807) is 11.3 Å². The van der Waals surface area contributed by atoms with Crippen molar-refractivity contribution in [3.05, 3.63) is 22.4 Å². The van der Waals surface area contributed by atoms with Gasteiger partial charge in [0.25, 0.3) is 0 Å². The van der Waals surface area contributed by atoms with Gasteiger partial charge >= 0.3 is 0 Å². The number of unbranched alkanes of at least 4 members (excludes halogenated alkanes) is 1. The topological polar surface area (TPSA) is 36.4 Å². The average molecular weight is 285 g/mol. The number of hydrogen-bond donors (Lipinski definition) is 2. The number of nitrogens with one attached hydrogen (secondary N) is 2. The van der Waals surface area contributed by atoms with E-state index in [4.69, 9.17) is 0 Å². The molecule has 2 N–H and O–H groups in total. The van der Waals surface area contributed by atoms with Gasteiger partial charge < -0.3 is 10.6 Å². The number of hydrogen-bond acceptors (Lipinski definition) is 3. The lowest BCUT2D eigenvalue weighted by Gasteiger charge is -2.16. The van der Waals surface area contributed by atoms with Crippen molar-refractivity contribution in [2.24, 2.45) is 4.99 Å². The molecule has 3 nitrogen and oxygen atoms in total. The third-order valence-corrected chi connectivity index (χ3v) is 4.37. The van der Waals surface area contributed by atoms with Crippen molar-refractivity contribution < 1.29 is 0 Å². The second-order valence-corrected chi connectivity index (χ2v) is 6.05. The van der Waals surface area contributed by atoms with Gasteiger partial charge in [0, 0.05) is 18.5 Å². The molecule has 102 valence electrons. The molecule has 0 bridgehead atoms. The van der Waals surface area contributed by atoms with Crippen molar-refractivity contribution in [2.75, 3.05) is 25.6 Å². The van der Waals surface area contributed by atoms with Crippen LogP contribution in [0.1, 0.15) is 30.7 Å². The molecule has 1 aromatic rings. The number of rotatable bonds is 7. The van der Waals surface area contributed by atoms with Crippen LogP contribution in [-0.2, 0) is 0 Å². The summed E-state index contributed by atoms with van der Waals surface area (Å²) in [6, 6.07) is 4.53. The zero-order chi connectivity index (χ0) is 13.2. The minimum atomic E-state index is 0.308. The monoisotopic (exact) mass is 285 g/mol. The molecule has 1 atom stereocenters. The molecule has 0 aliphatic heterocycles. The van der Waals surface area contributed by atoms with E-state index < -0.39 is 0 Å². The molecule has 0 radical (unpaired) electrons. The first-order valence-corrected chi connectivity index (χ1v) is 8.54. The number of nitrogens with zero attached hydrogens (tertiary/aromatic N) is 1. The molecule has 0 aromatic carbocycles. The molecule has 0 saturated carbocycles. The van der Waals surface area contributed by atoms with Crippen LogP contribution in [0.5, 0.6) is 0 Å². The van der Waals surface area contributed by atoms with Crippen LogP contribution < -0.4 is 10.6 Å². The Morgan fingerprint density at radius 2 is 2.33 bits per heavy atom. The number of thiophene rings is 1. The standard InChI is InChI=1S/C13H23N3S2/c1-11(12-7-6-10-18-12)16-13(14-2)15-8-4-5-9-17-3/h6-7,10-11H,4-5,8-9H2,1-3H3,(H2,14,15,16). The van der Waals surface area contributed by atoms with Gasteiger partial charge in [0.2, 0.25) is 0 Å². The summed E-state index contributed by atoms with van der Waals surface area (Å²) in [7, 11) is 1.82. The lowest BCUT2D eigenvalue weighted by atomic mass is 10.3. The first kappa shape index (κ1) is 15.4. The Labute approximate surface area is 118 Å². The normalized spacial score (nSPS) is 13.4. The minimum Gasteiger partial charge on any atom is -0.356 e. The molecule has 1 unspecified atom stereocenters. The Bertz CT molecular complexity index is 336. The predicted octanol–water partition coefficient (Wildman–Crippen LogP) is 3.12. The maximum Gasteiger partial charge on any atom is 0.191 e. The Kier molecular flexibility index (Phi) is 7.93. The summed E-state index contributed by atoms with van der Waals surface area (Å²) >= 11 is 3.67. The second-order valence-electron chi connectivity index (χ2n) is 4.08. The van der Waals surface area contributed by atoms with E-state index in [1.165, 1.54) is 23.5 Å². The predicted molar refractivity (Wildman–Crippen MR) is 84.8 cm³/mol. The lowest BCUT2D eigenvalue weighted by molar-refractivity contribution is 0.680. The molecule has 0 saturated heterocycles. The van der Waals surface area contributed by atoms with Gasteiger partial charge in [-0.1, -0.05) is 6.07 Å². The summed E-state index contributed by atoms with van der Waals surface area (Å²) in [6.45, 7) is 3.14. The van der Waals surface area contributed by atoms with E-state index in [9.17, 15) is 0 Å². The first-order chi connectivity index (χ1) is 8.77. The van der Waals surface area contributed by atoms with Crippen molar-refractivity contribution in [3.63, 3.8) is 0 Å². The maximum atomic E-state index is 4.25. The van der Waals surface area contributed by atoms with Crippen molar-refractivity contribution in [2.45, 2.75) is 25.8 Å². The summed E-state index contributed by atoms with van der Waals surface area (Å²) in [4.78, 5) is 5.58. The zero-order valence-electron chi connectivity index (χ0n) is 11.4. The summed E-state index contributed by atoms with van der Waals surface area (Å²) in [5.41, 5.74) is 0. The quantitative estimate of drug-likeness (QED) is 0.459. The highest BCUT2D eigenvalue weighted by molar-refractivity contribution is 7.98. The molecular formula is C13H23N3S2. The van der Waals surface area contributed by atoms with Crippen molar-refractivity contribution >= 4 is 29.1 Å². The van der Waals surface area contributed by atoms with Crippen LogP contribution in [0.3, 0.4) is 0 Å². The van der Waals surface area contributed by atoms with Crippen molar-refractivity contribution in [1.82, 2.24) is 10.6 Å². The fourth-order valence-electron chi connectivity index (χ4n) is 1.59. The Balaban J connectivity index is 2.25. The van der Waals surface area contributed by atoms with Gasteiger partial charge in [-0.25, -0.2) is 0 Å². The molecule has 0 aliphatic carbocycles. The molecule has 18 heavy (non-hydrogen) atoms. The number of guanidine groups is 1. The molecule has 0 fully saturated rings. The largest absolute Gasteiger partial charge is 0.356 e. The molecule has 0 amide bonds. The van der Waals surface area contributed by atoms with E-state index in [2.05, 4.69) is 46.3 Å². The van der Waals surface area contributed by atoms with Crippen LogP contribution in [0.4, 0.5) is 0 Å². The van der Waals surface area contributed by atoms with Gasteiger partial charge in [0.15, 0.2) is 5.96 Å². The molecule has 1 aromatic heterocycles. The van der Waals surface area contributed by atoms with E-state index in [-0.39, 0.29) is 0 Å². The molecule has 5 heteroatoms. The lowest BCUT2D eigenvalue weighted by Crippen LogP contribution is -2.38. The van der Waals surface area contributed by atoms with Gasteiger partial charge in [-0.15, -0.1) is 11.3 Å². The summed E-state index contributed by atoms with van der Waals surface area (Å²) in [5.74, 6) is 2.12. The minimum absolute atomic E-state index is 0.308. The highest BCUT2D eigenvalue weighted by atomic mass is 32.2. The molecular weight excluding hydrogens is 262 g/mol. The highest BCUT2D eigenvalue weighted by Crippen LogP contribution is 2.17. The average Bonchev–Trinajstić information content (AvgIpc) is 2.91. The van der Waals surface area contributed by atoms with Gasteiger partial charge in [-0.2, -0.15) is 11.8 Å². The third kappa shape index (κ3) is 5.78. The molecule has 1 rings (SSSR count). The fourth-order valence-corrected chi connectivity index (χ4v) is 2.81. The SMILES string of the molecule is CN=C(NCCCCSC)NC(C)c1cccs1. The zero-order valence-corrected chi connectivity index (χ0v) is 13.0. The fraction of sp³-hybridized carbons (Fsp3) is 0.615. The van der Waals surface area contributed by atoms with Crippen LogP contribution in [0, 0.1) is 0 Å². The summed E-state index contributed by atoms with van der Waals surface area (Å²) in [6.07, 6.45) is 4.59. The smallest absolute Gasteiger partial charge is 0.191 e. The van der Waals surface area contributed by atoms with Crippen LogP contribution in [-0.4, -0.2) is 31.6 Å². The van der Waals surface area contributed by atoms with Crippen molar-refractivity contribution in [3.8, 4) is 0 Å². The van der Waals surface area contributed by atoms with Crippen LogP contribution in [0.15, 0.2) is 22.5 Å². The third-order valence-electron chi connectivity index (χ3n) is 2.61. The van der Waals surface area contributed by atoms with Crippen molar-refractivity contribution in [1.29, 1.82) is 0 Å². The number of aliphatic imine (C=N–C) groups is 1. The molecule has 0 aliphatic rings. The second kappa shape index (κ2) is 9.28. The summed E-state index contributed by atoms with van der Waals surface area (Å²) < 4.78 is 0. The van der Waals surface area contributed by atoms with Crippen LogP contribution in [0.2, 0.25) is 0 Å². The van der Waals surface area contributed by atoms with E-state index in [0.717, 1.165) is 12.5 Å².